The number of esters is 1. The van der Waals surface area contributed by atoms with Gasteiger partial charge in [0.2, 0.25) is 0 Å². The Kier molecular flexibility index (Phi) is 1.94. The average Bonchev–Trinajstić information content (AvgIpc) is 1.85. The molecule has 56 valence electrons. The highest BCUT2D eigenvalue weighted by molar-refractivity contribution is 5.83. The van der Waals surface area contributed by atoms with Gasteiger partial charge >= 0.3 is 5.97 Å². The molecule has 0 fully saturated rings. The zero-order valence-corrected chi connectivity index (χ0v) is 6.18. The number of carbonyl (C=O) groups is 1. The van der Waals surface area contributed by atoms with Gasteiger partial charge in [-0.1, -0.05) is 0 Å². The molecular formula is C7H11NO2. The Bertz CT molecular complexity index is 174. The maximum Gasteiger partial charge on any atom is 0.332 e. The Morgan fingerprint density at radius 3 is 3.00 bits per heavy atom. The van der Waals surface area contributed by atoms with Crippen molar-refractivity contribution in [2.24, 2.45) is 0 Å². The predicted octanol–water partition coefficient (Wildman–Crippen LogP) is 0.425. The van der Waals surface area contributed by atoms with Crippen LogP contribution in [0.15, 0.2) is 11.8 Å². The summed E-state index contributed by atoms with van der Waals surface area (Å²) in [6.45, 7) is 1.88. The van der Waals surface area contributed by atoms with Crippen molar-refractivity contribution in [3.05, 3.63) is 11.8 Å². The van der Waals surface area contributed by atoms with Crippen molar-refractivity contribution in [1.82, 2.24) is 5.32 Å². The van der Waals surface area contributed by atoms with Gasteiger partial charge in [-0.05, 0) is 6.92 Å². The van der Waals surface area contributed by atoms with Gasteiger partial charge < -0.3 is 10.1 Å². The first-order valence-electron chi connectivity index (χ1n) is 3.31. The van der Waals surface area contributed by atoms with E-state index in [0.717, 1.165) is 12.1 Å². The summed E-state index contributed by atoms with van der Waals surface area (Å²) in [7, 11) is 1.80. The van der Waals surface area contributed by atoms with Crippen LogP contribution in [0.1, 0.15) is 13.3 Å². The second kappa shape index (κ2) is 2.73. The Morgan fingerprint density at radius 1 is 1.80 bits per heavy atom. The third kappa shape index (κ3) is 1.50. The fraction of sp³-hybridized carbons (Fsp3) is 0.571. The van der Waals surface area contributed by atoms with Crippen LogP contribution in [-0.2, 0) is 9.53 Å². The maximum absolute atomic E-state index is 10.7. The summed E-state index contributed by atoms with van der Waals surface area (Å²) in [5.74, 6) is -0.247. The summed E-state index contributed by atoms with van der Waals surface area (Å²) in [6.07, 6.45) is 2.29. The number of ether oxygens (including phenoxy) is 1. The lowest BCUT2D eigenvalue weighted by atomic mass is 10.2. The smallest absolute Gasteiger partial charge is 0.332 e. The van der Waals surface area contributed by atoms with E-state index in [1.165, 1.54) is 6.08 Å². The molecule has 0 saturated carbocycles. The van der Waals surface area contributed by atoms with Gasteiger partial charge in [-0.15, -0.1) is 0 Å². The molecule has 0 saturated heterocycles. The fourth-order valence-corrected chi connectivity index (χ4v) is 0.959. The zero-order valence-electron chi connectivity index (χ0n) is 6.18. The van der Waals surface area contributed by atoms with Crippen LogP contribution in [-0.4, -0.2) is 19.1 Å². The fourth-order valence-electron chi connectivity index (χ4n) is 0.959. The van der Waals surface area contributed by atoms with Crippen LogP contribution in [0.25, 0.3) is 0 Å². The standard InChI is InChI=1S/C7H11NO2/c1-5-3-6(8-2)4-7(9)10-5/h4-5,8H,3H2,1-2H3. The number of hydrogen-bond acceptors (Lipinski definition) is 3. The van der Waals surface area contributed by atoms with E-state index in [1.54, 1.807) is 7.05 Å². The molecule has 0 spiro atoms. The van der Waals surface area contributed by atoms with Crippen molar-refractivity contribution in [2.75, 3.05) is 7.05 Å². The van der Waals surface area contributed by atoms with E-state index in [-0.39, 0.29) is 12.1 Å². The van der Waals surface area contributed by atoms with Crippen LogP contribution in [0.2, 0.25) is 0 Å². The van der Waals surface area contributed by atoms with E-state index < -0.39 is 0 Å². The first kappa shape index (κ1) is 7.12. The van der Waals surface area contributed by atoms with Crippen LogP contribution < -0.4 is 5.32 Å². The molecule has 0 radical (unpaired) electrons. The predicted molar refractivity (Wildman–Crippen MR) is 37.3 cm³/mol. The van der Waals surface area contributed by atoms with E-state index in [0.29, 0.717) is 0 Å². The third-order valence-electron chi connectivity index (χ3n) is 1.44. The third-order valence-corrected chi connectivity index (χ3v) is 1.44. The van der Waals surface area contributed by atoms with Crippen molar-refractivity contribution in [2.45, 2.75) is 19.4 Å². The quantitative estimate of drug-likeness (QED) is 0.538. The Hall–Kier alpha value is -0.990. The van der Waals surface area contributed by atoms with Crippen LogP contribution in [0.5, 0.6) is 0 Å². The Labute approximate surface area is 60.1 Å². The van der Waals surface area contributed by atoms with E-state index in [9.17, 15) is 4.79 Å². The van der Waals surface area contributed by atoms with E-state index in [2.05, 4.69) is 5.32 Å². The Balaban J connectivity index is 2.65. The lowest BCUT2D eigenvalue weighted by molar-refractivity contribution is -0.143. The molecule has 10 heavy (non-hydrogen) atoms. The molecule has 1 aliphatic rings. The molecular weight excluding hydrogens is 130 g/mol. The zero-order chi connectivity index (χ0) is 7.56. The monoisotopic (exact) mass is 141 g/mol. The second-order valence-electron chi connectivity index (χ2n) is 2.37. The SMILES string of the molecule is CNC1=CC(=O)OC(C)C1. The first-order valence-corrected chi connectivity index (χ1v) is 3.31. The highest BCUT2D eigenvalue weighted by Gasteiger charge is 2.15. The highest BCUT2D eigenvalue weighted by atomic mass is 16.5. The van der Waals surface area contributed by atoms with Crippen molar-refractivity contribution in [1.29, 1.82) is 0 Å². The summed E-state index contributed by atoms with van der Waals surface area (Å²) < 4.78 is 4.86. The molecule has 0 aliphatic carbocycles. The lowest BCUT2D eigenvalue weighted by Gasteiger charge is -2.18. The molecule has 0 aromatic rings. The highest BCUT2D eigenvalue weighted by Crippen LogP contribution is 2.11. The number of carbonyl (C=O) groups excluding carboxylic acids is 1. The average molecular weight is 141 g/mol. The van der Waals surface area contributed by atoms with Crippen molar-refractivity contribution in [3.63, 3.8) is 0 Å². The van der Waals surface area contributed by atoms with Crippen LogP contribution >= 0.6 is 0 Å². The summed E-state index contributed by atoms with van der Waals surface area (Å²) in [5.41, 5.74) is 0.948. The minimum absolute atomic E-state index is 0.0138. The minimum atomic E-state index is -0.247. The molecule has 0 amide bonds. The van der Waals surface area contributed by atoms with Crippen LogP contribution in [0.3, 0.4) is 0 Å². The van der Waals surface area contributed by atoms with Gasteiger partial charge in [0.1, 0.15) is 6.10 Å². The molecule has 1 rings (SSSR count). The molecule has 1 heterocycles. The van der Waals surface area contributed by atoms with Crippen molar-refractivity contribution < 1.29 is 9.53 Å². The minimum Gasteiger partial charge on any atom is -0.459 e. The summed E-state index contributed by atoms with van der Waals surface area (Å²) in [6, 6.07) is 0. The number of rotatable bonds is 1. The van der Waals surface area contributed by atoms with Crippen molar-refractivity contribution >= 4 is 5.97 Å². The van der Waals surface area contributed by atoms with Crippen LogP contribution in [0, 0.1) is 0 Å². The molecule has 1 unspecified atom stereocenters. The molecule has 3 nitrogen and oxygen atoms in total. The van der Waals surface area contributed by atoms with Crippen LogP contribution in [0.4, 0.5) is 0 Å². The molecule has 1 atom stereocenters. The van der Waals surface area contributed by atoms with Gasteiger partial charge in [-0.3, -0.25) is 0 Å². The lowest BCUT2D eigenvalue weighted by Crippen LogP contribution is -2.24. The molecule has 0 aromatic heterocycles. The summed E-state index contributed by atoms with van der Waals surface area (Å²) >= 11 is 0. The second-order valence-corrected chi connectivity index (χ2v) is 2.37. The van der Waals surface area contributed by atoms with E-state index in [4.69, 9.17) is 4.74 Å². The summed E-state index contributed by atoms with van der Waals surface area (Å²) in [4.78, 5) is 10.7. The van der Waals surface area contributed by atoms with Gasteiger partial charge in [0.15, 0.2) is 0 Å². The number of hydrogen-bond donors (Lipinski definition) is 1. The Morgan fingerprint density at radius 2 is 2.50 bits per heavy atom. The molecule has 1 aliphatic heterocycles. The van der Waals surface area contributed by atoms with Gasteiger partial charge in [-0.25, -0.2) is 4.79 Å². The van der Waals surface area contributed by atoms with Gasteiger partial charge in [0, 0.05) is 25.2 Å². The van der Waals surface area contributed by atoms with Gasteiger partial charge in [0.05, 0.1) is 0 Å². The molecule has 0 aromatic carbocycles. The molecule has 0 bridgehead atoms. The van der Waals surface area contributed by atoms with Gasteiger partial charge in [-0.2, -0.15) is 0 Å². The first-order chi connectivity index (χ1) is 4.72. The number of nitrogens with one attached hydrogen (secondary N) is 1. The topological polar surface area (TPSA) is 38.3 Å². The largest absolute Gasteiger partial charge is 0.459 e. The molecule has 1 N–H and O–H groups in total. The number of cyclic esters (lactones) is 1. The van der Waals surface area contributed by atoms with Gasteiger partial charge in [0.25, 0.3) is 0 Å². The normalized spacial score (nSPS) is 25.2. The van der Waals surface area contributed by atoms with Crippen molar-refractivity contribution in [3.8, 4) is 0 Å². The van der Waals surface area contributed by atoms with E-state index >= 15 is 0 Å². The maximum atomic E-state index is 10.7. The molecule has 3 heteroatoms. The summed E-state index contributed by atoms with van der Waals surface area (Å²) in [5, 5.41) is 2.92. The van der Waals surface area contributed by atoms with E-state index in [1.807, 2.05) is 6.92 Å².